The maximum absolute atomic E-state index is 2.44. The van der Waals surface area contributed by atoms with Crippen LogP contribution in [0.15, 0.2) is 0 Å². The zero-order valence-electron chi connectivity index (χ0n) is 4.52. The SMILES string of the molecule is C[Si](C)(C)[CH]=[Ta]. The van der Waals surface area contributed by atoms with Gasteiger partial charge in [0.15, 0.2) is 0 Å². The Morgan fingerprint density at radius 2 is 1.50 bits per heavy atom. The topological polar surface area (TPSA) is 0 Å². The van der Waals surface area contributed by atoms with Crippen LogP contribution in [0.5, 0.6) is 0 Å². The Hall–Kier alpha value is 0.827. The van der Waals surface area contributed by atoms with Gasteiger partial charge in [-0.3, -0.25) is 0 Å². The molecule has 0 heterocycles. The fourth-order valence-electron chi connectivity index (χ4n) is 0. The molecule has 0 saturated carbocycles. The van der Waals surface area contributed by atoms with E-state index >= 15 is 0 Å². The van der Waals surface area contributed by atoms with Gasteiger partial charge in [-0.05, 0) is 0 Å². The normalized spacial score (nSPS) is 11.0. The molecule has 6 heavy (non-hydrogen) atoms. The van der Waals surface area contributed by atoms with Crippen LogP contribution in [-0.4, -0.2) is 11.9 Å². The van der Waals surface area contributed by atoms with Crippen molar-refractivity contribution in [2.24, 2.45) is 0 Å². The van der Waals surface area contributed by atoms with Gasteiger partial charge >= 0.3 is 52.2 Å². The molecular formula is C4H10SiTa. The number of rotatable bonds is 1. The van der Waals surface area contributed by atoms with Crippen LogP contribution in [0.4, 0.5) is 0 Å². The van der Waals surface area contributed by atoms with Crippen molar-refractivity contribution in [2.45, 2.75) is 19.6 Å². The van der Waals surface area contributed by atoms with Crippen LogP contribution in [0.2, 0.25) is 19.6 Å². The van der Waals surface area contributed by atoms with Crippen molar-refractivity contribution in [3.8, 4) is 0 Å². The van der Waals surface area contributed by atoms with E-state index in [1.165, 1.54) is 20.6 Å². The summed E-state index contributed by atoms with van der Waals surface area (Å²) in [4.78, 5) is 0. The molecular weight excluding hydrogens is 257 g/mol. The molecule has 0 aliphatic carbocycles. The molecule has 35 valence electrons. The predicted octanol–water partition coefficient (Wildman–Crippen LogP) is 1.21. The predicted molar refractivity (Wildman–Crippen MR) is 29.4 cm³/mol. The summed E-state index contributed by atoms with van der Waals surface area (Å²) in [6.07, 6.45) is 0. The van der Waals surface area contributed by atoms with Gasteiger partial charge in [-0.2, -0.15) is 0 Å². The van der Waals surface area contributed by atoms with Crippen molar-refractivity contribution in [3.63, 3.8) is 0 Å². The molecule has 0 atom stereocenters. The fourth-order valence-corrected chi connectivity index (χ4v) is 0. The van der Waals surface area contributed by atoms with Crippen LogP contribution in [0.3, 0.4) is 0 Å². The van der Waals surface area contributed by atoms with E-state index in [4.69, 9.17) is 0 Å². The number of hydrogen-bond donors (Lipinski definition) is 0. The average molecular weight is 267 g/mol. The third-order valence-electron chi connectivity index (χ3n) is 0.387. The summed E-state index contributed by atoms with van der Waals surface area (Å²) in [6, 6.07) is 0. The van der Waals surface area contributed by atoms with E-state index in [0.717, 1.165) is 0 Å². The molecule has 0 bridgehead atoms. The van der Waals surface area contributed by atoms with Crippen molar-refractivity contribution < 1.29 is 20.6 Å². The fraction of sp³-hybridized carbons (Fsp3) is 0.750. The molecule has 0 amide bonds. The van der Waals surface area contributed by atoms with E-state index in [9.17, 15) is 0 Å². The van der Waals surface area contributed by atoms with Gasteiger partial charge in [0.25, 0.3) is 0 Å². The van der Waals surface area contributed by atoms with E-state index in [-0.39, 0.29) is 0 Å². The second kappa shape index (κ2) is 2.22. The van der Waals surface area contributed by atoms with Crippen LogP contribution in [-0.2, 0) is 20.6 Å². The maximum atomic E-state index is 2.44. The Kier molecular flexibility index (Phi) is 2.52. The Balaban J connectivity index is 3.45. The zero-order chi connectivity index (χ0) is 5.21. The van der Waals surface area contributed by atoms with Gasteiger partial charge in [0.2, 0.25) is 0 Å². The zero-order valence-corrected chi connectivity index (χ0v) is 8.74. The standard InChI is InChI=1S/C4H10Si.Ta/c1-5(2,3)4;/h1H,2-4H3;. The van der Waals surface area contributed by atoms with Gasteiger partial charge < -0.3 is 0 Å². The summed E-state index contributed by atoms with van der Waals surface area (Å²) in [7, 11) is -0.707. The Labute approximate surface area is 52.4 Å². The van der Waals surface area contributed by atoms with Crippen molar-refractivity contribution in [3.05, 3.63) is 0 Å². The second-order valence-corrected chi connectivity index (χ2v) is 10.3. The second-order valence-electron chi connectivity index (χ2n) is 2.50. The monoisotopic (exact) mass is 267 g/mol. The first-order chi connectivity index (χ1) is 2.56. The summed E-state index contributed by atoms with van der Waals surface area (Å²) in [5.41, 5.74) is 0. The van der Waals surface area contributed by atoms with Gasteiger partial charge in [0, 0.05) is 0 Å². The molecule has 0 saturated heterocycles. The molecule has 0 aliphatic rings. The summed E-state index contributed by atoms with van der Waals surface area (Å²) < 4.78 is 2.44. The molecule has 0 aromatic carbocycles. The summed E-state index contributed by atoms with van der Waals surface area (Å²) in [5, 5.41) is 0. The van der Waals surface area contributed by atoms with Crippen molar-refractivity contribution >= 4 is 11.9 Å². The van der Waals surface area contributed by atoms with E-state index in [1.54, 1.807) is 0 Å². The Morgan fingerprint density at radius 1 is 1.33 bits per heavy atom. The average Bonchev–Trinajstić information content (AvgIpc) is 1.35. The minimum absolute atomic E-state index is 0.707. The van der Waals surface area contributed by atoms with Gasteiger partial charge in [-0.1, -0.05) is 0 Å². The van der Waals surface area contributed by atoms with E-state index in [2.05, 4.69) is 23.5 Å². The first-order valence-electron chi connectivity index (χ1n) is 2.05. The summed E-state index contributed by atoms with van der Waals surface area (Å²) in [5.74, 6) is 0. The van der Waals surface area contributed by atoms with E-state index in [0.29, 0.717) is 0 Å². The summed E-state index contributed by atoms with van der Waals surface area (Å²) >= 11 is 1.46. The first-order valence-corrected chi connectivity index (χ1v) is 7.48. The van der Waals surface area contributed by atoms with Crippen LogP contribution < -0.4 is 0 Å². The molecule has 0 aromatic heterocycles. The first kappa shape index (κ1) is 6.83. The number of hydrogen-bond acceptors (Lipinski definition) is 0. The molecule has 0 spiro atoms. The van der Waals surface area contributed by atoms with Crippen molar-refractivity contribution in [2.75, 3.05) is 0 Å². The van der Waals surface area contributed by atoms with Crippen LogP contribution >= 0.6 is 0 Å². The third-order valence-corrected chi connectivity index (χ3v) is 9.51. The van der Waals surface area contributed by atoms with Gasteiger partial charge in [-0.25, -0.2) is 0 Å². The third kappa shape index (κ3) is 4.83. The summed E-state index contributed by atoms with van der Waals surface area (Å²) in [6.45, 7) is 7.06. The molecule has 0 nitrogen and oxygen atoms in total. The van der Waals surface area contributed by atoms with Crippen LogP contribution in [0, 0.1) is 0 Å². The molecule has 0 aromatic rings. The molecule has 0 fully saturated rings. The molecule has 2 heteroatoms. The molecule has 0 aliphatic heterocycles. The molecule has 0 unspecified atom stereocenters. The molecule has 0 radical (unpaired) electrons. The molecule has 0 N–H and O–H groups in total. The van der Waals surface area contributed by atoms with E-state index in [1.807, 2.05) is 0 Å². The van der Waals surface area contributed by atoms with Gasteiger partial charge in [0.1, 0.15) is 0 Å². The van der Waals surface area contributed by atoms with E-state index < -0.39 is 8.07 Å². The van der Waals surface area contributed by atoms with Gasteiger partial charge in [-0.15, -0.1) is 0 Å². The van der Waals surface area contributed by atoms with Gasteiger partial charge in [0.05, 0.1) is 0 Å². The van der Waals surface area contributed by atoms with Crippen LogP contribution in [0.1, 0.15) is 0 Å². The molecule has 0 rings (SSSR count). The van der Waals surface area contributed by atoms with Crippen LogP contribution in [0.25, 0.3) is 0 Å². The Morgan fingerprint density at radius 3 is 1.50 bits per heavy atom. The van der Waals surface area contributed by atoms with Crippen molar-refractivity contribution in [1.82, 2.24) is 0 Å². The Bertz CT molecular complexity index is 53.1. The quantitative estimate of drug-likeness (QED) is 0.626. The van der Waals surface area contributed by atoms with Crippen molar-refractivity contribution in [1.29, 1.82) is 0 Å². The minimum atomic E-state index is -0.707.